The number of rotatable bonds is 5. The van der Waals surface area contributed by atoms with Gasteiger partial charge in [0.1, 0.15) is 4.90 Å². The van der Waals surface area contributed by atoms with Gasteiger partial charge in [-0.3, -0.25) is 4.72 Å². The summed E-state index contributed by atoms with van der Waals surface area (Å²) in [4.78, 5) is 11.7. The van der Waals surface area contributed by atoms with E-state index in [2.05, 4.69) is 4.72 Å². The molecule has 0 saturated heterocycles. The zero-order valence-corrected chi connectivity index (χ0v) is 16.2. The predicted molar refractivity (Wildman–Crippen MR) is 99.1 cm³/mol. The van der Waals surface area contributed by atoms with Gasteiger partial charge in [-0.25, -0.2) is 13.2 Å². The van der Waals surface area contributed by atoms with Gasteiger partial charge in [-0.1, -0.05) is 29.3 Å². The molecule has 0 unspecified atom stereocenters. The van der Waals surface area contributed by atoms with Gasteiger partial charge in [0, 0.05) is 5.69 Å². The summed E-state index contributed by atoms with van der Waals surface area (Å²) in [5.74, 6) is -0.716. The molecule has 2 aromatic rings. The average Bonchev–Trinajstić information content (AvgIpc) is 2.45. The van der Waals surface area contributed by atoms with Crippen molar-refractivity contribution in [2.24, 2.45) is 0 Å². The van der Waals surface area contributed by atoms with E-state index < -0.39 is 16.0 Å². The van der Waals surface area contributed by atoms with Gasteiger partial charge < -0.3 is 4.74 Å². The van der Waals surface area contributed by atoms with E-state index in [1.54, 1.807) is 19.1 Å². The lowest BCUT2D eigenvalue weighted by atomic mass is 10.1. The second kappa shape index (κ2) is 7.64. The van der Waals surface area contributed by atoms with Crippen LogP contribution in [0.2, 0.25) is 10.0 Å². The number of hydrogen-bond donors (Lipinski definition) is 1. The quantitative estimate of drug-likeness (QED) is 0.743. The molecule has 0 heterocycles. The fourth-order valence-electron chi connectivity index (χ4n) is 2.34. The summed E-state index contributed by atoms with van der Waals surface area (Å²) in [6.45, 7) is 5.50. The van der Waals surface area contributed by atoms with Gasteiger partial charge in [0.2, 0.25) is 0 Å². The molecule has 0 radical (unpaired) electrons. The lowest BCUT2D eigenvalue weighted by Gasteiger charge is -2.13. The number of benzene rings is 2. The topological polar surface area (TPSA) is 72.5 Å². The molecule has 0 aliphatic rings. The third-order valence-corrected chi connectivity index (χ3v) is 5.44. The Morgan fingerprint density at radius 2 is 1.64 bits per heavy atom. The molecule has 0 aliphatic heterocycles. The highest BCUT2D eigenvalue weighted by molar-refractivity contribution is 7.92. The summed E-state index contributed by atoms with van der Waals surface area (Å²) < 4.78 is 32.7. The van der Waals surface area contributed by atoms with Crippen molar-refractivity contribution in [2.75, 3.05) is 11.3 Å². The van der Waals surface area contributed by atoms with Gasteiger partial charge in [-0.15, -0.1) is 0 Å². The second-order valence-corrected chi connectivity index (χ2v) is 7.93. The van der Waals surface area contributed by atoms with Crippen molar-refractivity contribution in [3.05, 3.63) is 57.1 Å². The minimum Gasteiger partial charge on any atom is -0.462 e. The first kappa shape index (κ1) is 19.6. The van der Waals surface area contributed by atoms with Crippen LogP contribution in [0.3, 0.4) is 0 Å². The molecule has 8 heteroatoms. The number of anilines is 1. The molecule has 0 aromatic heterocycles. The van der Waals surface area contributed by atoms with Crippen LogP contribution < -0.4 is 4.72 Å². The van der Waals surface area contributed by atoms with E-state index in [0.29, 0.717) is 5.69 Å². The molecule has 134 valence electrons. The van der Waals surface area contributed by atoms with E-state index in [0.717, 1.165) is 17.2 Å². The van der Waals surface area contributed by atoms with Crippen molar-refractivity contribution in [3.8, 4) is 0 Å². The summed E-state index contributed by atoms with van der Waals surface area (Å²) in [5.41, 5.74) is 2.16. The molecule has 0 fully saturated rings. The smallest absolute Gasteiger partial charge is 0.339 e. The van der Waals surface area contributed by atoms with E-state index in [4.69, 9.17) is 27.9 Å². The molecule has 0 saturated carbocycles. The maximum absolute atomic E-state index is 12.7. The Morgan fingerprint density at radius 3 is 2.20 bits per heavy atom. The molecular weight excluding hydrogens is 385 g/mol. The number of esters is 1. The molecular formula is C17H17Cl2NO4S. The summed E-state index contributed by atoms with van der Waals surface area (Å²) in [5, 5.41) is -0.0660. The highest BCUT2D eigenvalue weighted by Gasteiger charge is 2.23. The number of nitrogens with one attached hydrogen (secondary N) is 1. The van der Waals surface area contributed by atoms with Crippen LogP contribution in [0.25, 0.3) is 0 Å². The third kappa shape index (κ3) is 4.66. The van der Waals surface area contributed by atoms with Gasteiger partial charge in [-0.2, -0.15) is 0 Å². The molecule has 2 aromatic carbocycles. The van der Waals surface area contributed by atoms with E-state index in [9.17, 15) is 13.2 Å². The lowest BCUT2D eigenvalue weighted by molar-refractivity contribution is 0.0526. The summed E-state index contributed by atoms with van der Waals surface area (Å²) in [7, 11) is -4.01. The normalized spacial score (nSPS) is 11.2. The number of sulfonamides is 1. The average molecular weight is 402 g/mol. The Bertz CT molecular complexity index is 906. The van der Waals surface area contributed by atoms with E-state index in [-0.39, 0.29) is 27.1 Å². The van der Waals surface area contributed by atoms with Crippen molar-refractivity contribution in [3.63, 3.8) is 0 Å². The Labute approximate surface area is 157 Å². The highest BCUT2D eigenvalue weighted by Crippen LogP contribution is 2.30. The lowest BCUT2D eigenvalue weighted by Crippen LogP contribution is -2.15. The van der Waals surface area contributed by atoms with Gasteiger partial charge in [0.15, 0.2) is 0 Å². The third-order valence-electron chi connectivity index (χ3n) is 3.28. The van der Waals surface area contributed by atoms with Crippen LogP contribution in [0.1, 0.15) is 28.4 Å². The van der Waals surface area contributed by atoms with E-state index in [1.807, 2.05) is 19.9 Å². The molecule has 1 N–H and O–H groups in total. The minimum absolute atomic E-state index is 0.0220. The van der Waals surface area contributed by atoms with Crippen molar-refractivity contribution in [1.29, 1.82) is 0 Å². The Hall–Kier alpha value is -1.76. The van der Waals surface area contributed by atoms with Crippen LogP contribution in [0.15, 0.2) is 35.2 Å². The number of aryl methyl sites for hydroxylation is 2. The first-order valence-corrected chi connectivity index (χ1v) is 9.65. The molecule has 25 heavy (non-hydrogen) atoms. The number of hydrogen-bond acceptors (Lipinski definition) is 4. The summed E-state index contributed by atoms with van der Waals surface area (Å²) in [6.07, 6.45) is 0. The van der Waals surface area contributed by atoms with Crippen molar-refractivity contribution in [1.82, 2.24) is 0 Å². The molecule has 0 bridgehead atoms. The summed E-state index contributed by atoms with van der Waals surface area (Å²) >= 11 is 12.0. The molecule has 0 spiro atoms. The Balaban J connectivity index is 2.48. The van der Waals surface area contributed by atoms with Crippen LogP contribution in [-0.4, -0.2) is 21.0 Å². The number of ether oxygens (including phenoxy) is 1. The van der Waals surface area contributed by atoms with Crippen molar-refractivity contribution >= 4 is 44.9 Å². The van der Waals surface area contributed by atoms with Crippen LogP contribution in [0.4, 0.5) is 5.69 Å². The maximum Gasteiger partial charge on any atom is 0.339 e. The van der Waals surface area contributed by atoms with E-state index >= 15 is 0 Å². The standard InChI is InChI=1S/C17H17Cl2NO4S/c1-4-24-17(21)13-8-16(15(19)9-14(13)18)25(22,23)20-12-6-10(2)5-11(3)7-12/h5-9,20H,4H2,1-3H3. The highest BCUT2D eigenvalue weighted by atomic mass is 35.5. The van der Waals surface area contributed by atoms with Crippen LogP contribution in [0, 0.1) is 13.8 Å². The molecule has 5 nitrogen and oxygen atoms in total. The fraction of sp³-hybridized carbons (Fsp3) is 0.235. The fourth-order valence-corrected chi connectivity index (χ4v) is 4.24. The number of carbonyl (C=O) groups is 1. The number of halogens is 2. The number of carbonyl (C=O) groups excluding carboxylic acids is 1. The van der Waals surface area contributed by atoms with Crippen LogP contribution in [0.5, 0.6) is 0 Å². The maximum atomic E-state index is 12.7. The minimum atomic E-state index is -4.01. The Kier molecular flexibility index (Phi) is 5.98. The zero-order valence-electron chi connectivity index (χ0n) is 13.9. The summed E-state index contributed by atoms with van der Waals surface area (Å²) in [6, 6.07) is 7.65. The zero-order chi connectivity index (χ0) is 18.8. The SMILES string of the molecule is CCOC(=O)c1cc(S(=O)(=O)Nc2cc(C)cc(C)c2)c(Cl)cc1Cl. The first-order chi connectivity index (χ1) is 11.6. The Morgan fingerprint density at radius 1 is 1.04 bits per heavy atom. The second-order valence-electron chi connectivity index (χ2n) is 5.46. The monoisotopic (exact) mass is 401 g/mol. The molecule has 2 rings (SSSR count). The molecule has 0 atom stereocenters. The van der Waals surface area contributed by atoms with E-state index in [1.165, 1.54) is 6.07 Å². The first-order valence-electron chi connectivity index (χ1n) is 7.41. The predicted octanol–water partition coefficient (Wildman–Crippen LogP) is 4.59. The van der Waals surface area contributed by atoms with Crippen molar-refractivity contribution in [2.45, 2.75) is 25.7 Å². The van der Waals surface area contributed by atoms with Crippen LogP contribution in [-0.2, 0) is 14.8 Å². The molecule has 0 amide bonds. The van der Waals surface area contributed by atoms with Gasteiger partial charge in [0.05, 0.1) is 22.2 Å². The van der Waals surface area contributed by atoms with Gasteiger partial charge in [0.25, 0.3) is 10.0 Å². The molecule has 0 aliphatic carbocycles. The van der Waals surface area contributed by atoms with Crippen LogP contribution >= 0.6 is 23.2 Å². The van der Waals surface area contributed by atoms with Gasteiger partial charge >= 0.3 is 5.97 Å². The largest absolute Gasteiger partial charge is 0.462 e. The van der Waals surface area contributed by atoms with Crippen molar-refractivity contribution < 1.29 is 17.9 Å². The van der Waals surface area contributed by atoms with Gasteiger partial charge in [-0.05, 0) is 56.2 Å².